The normalized spacial score (nSPS) is 11.1. The highest BCUT2D eigenvalue weighted by Gasteiger charge is 2.16. The molecule has 0 heterocycles. The number of hydrogen-bond donors (Lipinski definition) is 1. The zero-order valence-electron chi connectivity index (χ0n) is 9.41. The Morgan fingerprint density at radius 3 is 2.60 bits per heavy atom. The number of benzene rings is 1. The maximum atomic E-state index is 11.5. The van der Waals surface area contributed by atoms with Gasteiger partial charge in [-0.25, -0.2) is 0 Å². The topological polar surface area (TPSA) is 52.3 Å². The molecule has 0 fully saturated rings. The number of nitrogen functional groups attached to an aromatic ring is 1. The molecule has 1 rings (SSSR count). The molecular formula is C12H17NO2. The van der Waals surface area contributed by atoms with Gasteiger partial charge in [0.2, 0.25) is 0 Å². The second-order valence-electron chi connectivity index (χ2n) is 4.51. The molecule has 2 N–H and O–H groups in total. The zero-order chi connectivity index (χ0) is 11.5. The van der Waals surface area contributed by atoms with E-state index in [0.717, 1.165) is 5.56 Å². The average molecular weight is 207 g/mol. The Kier molecular flexibility index (Phi) is 3.35. The first-order valence-electron chi connectivity index (χ1n) is 4.93. The van der Waals surface area contributed by atoms with Crippen LogP contribution in [0.15, 0.2) is 24.3 Å². The Balaban J connectivity index is 2.59. The fraction of sp³-hybridized carbons (Fsp3) is 0.417. The predicted octanol–water partition coefficient (Wildman–Crippen LogP) is 2.15. The largest absolute Gasteiger partial charge is 0.460 e. The Labute approximate surface area is 90.2 Å². The standard InChI is InChI=1S/C12H17NO2/c1-12(2,3)15-11(14)8-9-5-4-6-10(13)7-9/h4-7H,8,13H2,1-3H3. The summed E-state index contributed by atoms with van der Waals surface area (Å²) >= 11 is 0. The van der Waals surface area contributed by atoms with Crippen molar-refractivity contribution in [1.29, 1.82) is 0 Å². The van der Waals surface area contributed by atoms with Gasteiger partial charge < -0.3 is 10.5 Å². The lowest BCUT2D eigenvalue weighted by Crippen LogP contribution is -2.24. The molecule has 0 amide bonds. The summed E-state index contributed by atoms with van der Waals surface area (Å²) in [6.07, 6.45) is 0.266. The molecule has 0 aliphatic rings. The van der Waals surface area contributed by atoms with E-state index < -0.39 is 5.60 Å². The van der Waals surface area contributed by atoms with Crippen molar-refractivity contribution < 1.29 is 9.53 Å². The Hall–Kier alpha value is -1.51. The van der Waals surface area contributed by atoms with Crippen molar-refractivity contribution in [3.8, 4) is 0 Å². The van der Waals surface area contributed by atoms with Crippen molar-refractivity contribution in [2.75, 3.05) is 5.73 Å². The maximum absolute atomic E-state index is 11.5. The van der Waals surface area contributed by atoms with Crippen LogP contribution < -0.4 is 5.73 Å². The van der Waals surface area contributed by atoms with Gasteiger partial charge >= 0.3 is 5.97 Å². The molecule has 0 saturated heterocycles. The lowest BCUT2D eigenvalue weighted by atomic mass is 10.1. The number of rotatable bonds is 2. The van der Waals surface area contributed by atoms with Crippen LogP contribution in [-0.2, 0) is 16.0 Å². The van der Waals surface area contributed by atoms with Crippen molar-refractivity contribution in [3.63, 3.8) is 0 Å². The van der Waals surface area contributed by atoms with E-state index in [2.05, 4.69) is 0 Å². The molecule has 1 aromatic carbocycles. The summed E-state index contributed by atoms with van der Waals surface area (Å²) in [6, 6.07) is 7.26. The summed E-state index contributed by atoms with van der Waals surface area (Å²) in [5.41, 5.74) is 6.72. The zero-order valence-corrected chi connectivity index (χ0v) is 9.41. The lowest BCUT2D eigenvalue weighted by Gasteiger charge is -2.19. The molecule has 3 nitrogen and oxygen atoms in total. The molecular weight excluding hydrogens is 190 g/mol. The van der Waals surface area contributed by atoms with Crippen LogP contribution in [0.1, 0.15) is 26.3 Å². The van der Waals surface area contributed by atoms with Crippen molar-refractivity contribution in [1.82, 2.24) is 0 Å². The number of anilines is 1. The first-order valence-corrected chi connectivity index (χ1v) is 4.93. The summed E-state index contributed by atoms with van der Waals surface area (Å²) in [7, 11) is 0. The molecule has 0 spiro atoms. The molecule has 0 saturated carbocycles. The summed E-state index contributed by atoms with van der Waals surface area (Å²) < 4.78 is 5.20. The Morgan fingerprint density at radius 2 is 2.07 bits per heavy atom. The molecule has 0 aliphatic carbocycles. The van der Waals surface area contributed by atoms with Gasteiger partial charge in [0.25, 0.3) is 0 Å². The van der Waals surface area contributed by atoms with Gasteiger partial charge in [0, 0.05) is 5.69 Å². The van der Waals surface area contributed by atoms with Gasteiger partial charge in [-0.2, -0.15) is 0 Å². The van der Waals surface area contributed by atoms with Crippen LogP contribution in [0.4, 0.5) is 5.69 Å². The highest BCUT2D eigenvalue weighted by molar-refractivity contribution is 5.73. The third-order valence-electron chi connectivity index (χ3n) is 1.72. The smallest absolute Gasteiger partial charge is 0.310 e. The Bertz CT molecular complexity index is 353. The van der Waals surface area contributed by atoms with Gasteiger partial charge in [-0.15, -0.1) is 0 Å². The van der Waals surface area contributed by atoms with Crippen molar-refractivity contribution >= 4 is 11.7 Å². The molecule has 1 aromatic rings. The number of ether oxygens (including phenoxy) is 1. The maximum Gasteiger partial charge on any atom is 0.310 e. The molecule has 0 atom stereocenters. The van der Waals surface area contributed by atoms with Crippen LogP contribution >= 0.6 is 0 Å². The minimum absolute atomic E-state index is 0.229. The van der Waals surface area contributed by atoms with Gasteiger partial charge in [-0.1, -0.05) is 12.1 Å². The summed E-state index contributed by atoms with van der Waals surface area (Å²) in [5, 5.41) is 0. The van der Waals surface area contributed by atoms with E-state index in [1.807, 2.05) is 32.9 Å². The molecule has 0 radical (unpaired) electrons. The Morgan fingerprint density at radius 1 is 1.40 bits per heavy atom. The van der Waals surface area contributed by atoms with Gasteiger partial charge in [-0.05, 0) is 38.5 Å². The fourth-order valence-electron chi connectivity index (χ4n) is 1.25. The molecule has 15 heavy (non-hydrogen) atoms. The number of nitrogens with two attached hydrogens (primary N) is 1. The van der Waals surface area contributed by atoms with Gasteiger partial charge in [0.05, 0.1) is 6.42 Å². The first kappa shape index (κ1) is 11.6. The van der Waals surface area contributed by atoms with Gasteiger partial charge in [0.15, 0.2) is 0 Å². The molecule has 3 heteroatoms. The number of carbonyl (C=O) groups excluding carboxylic acids is 1. The molecule has 0 bridgehead atoms. The molecule has 0 aromatic heterocycles. The summed E-state index contributed by atoms with van der Waals surface area (Å²) in [4.78, 5) is 11.5. The highest BCUT2D eigenvalue weighted by atomic mass is 16.6. The van der Waals surface area contributed by atoms with Gasteiger partial charge in [0.1, 0.15) is 5.60 Å². The van der Waals surface area contributed by atoms with E-state index in [4.69, 9.17) is 10.5 Å². The van der Waals surface area contributed by atoms with E-state index in [1.54, 1.807) is 12.1 Å². The van der Waals surface area contributed by atoms with Crippen LogP contribution in [0, 0.1) is 0 Å². The number of esters is 1. The first-order chi connectivity index (χ1) is 6.87. The van der Waals surface area contributed by atoms with Crippen LogP contribution in [0.25, 0.3) is 0 Å². The third-order valence-corrected chi connectivity index (χ3v) is 1.72. The monoisotopic (exact) mass is 207 g/mol. The number of carbonyl (C=O) groups is 1. The lowest BCUT2D eigenvalue weighted by molar-refractivity contribution is -0.153. The molecule has 0 aliphatic heterocycles. The fourth-order valence-corrected chi connectivity index (χ4v) is 1.25. The van der Waals surface area contributed by atoms with Gasteiger partial charge in [-0.3, -0.25) is 4.79 Å². The minimum Gasteiger partial charge on any atom is -0.460 e. The van der Waals surface area contributed by atoms with Crippen LogP contribution in [0.3, 0.4) is 0 Å². The second kappa shape index (κ2) is 4.34. The van der Waals surface area contributed by atoms with Crippen LogP contribution in [-0.4, -0.2) is 11.6 Å². The third kappa shape index (κ3) is 4.49. The second-order valence-corrected chi connectivity index (χ2v) is 4.51. The quantitative estimate of drug-likeness (QED) is 0.597. The molecule has 0 unspecified atom stereocenters. The van der Waals surface area contributed by atoms with E-state index in [-0.39, 0.29) is 12.4 Å². The summed E-state index contributed by atoms with van der Waals surface area (Å²) in [6.45, 7) is 5.55. The van der Waals surface area contributed by atoms with Crippen LogP contribution in [0.2, 0.25) is 0 Å². The van der Waals surface area contributed by atoms with Crippen molar-refractivity contribution in [2.45, 2.75) is 32.8 Å². The van der Waals surface area contributed by atoms with E-state index in [1.165, 1.54) is 0 Å². The van der Waals surface area contributed by atoms with E-state index in [9.17, 15) is 4.79 Å². The average Bonchev–Trinajstić information content (AvgIpc) is 1.99. The van der Waals surface area contributed by atoms with E-state index in [0.29, 0.717) is 5.69 Å². The molecule has 82 valence electrons. The van der Waals surface area contributed by atoms with Crippen molar-refractivity contribution in [2.24, 2.45) is 0 Å². The highest BCUT2D eigenvalue weighted by Crippen LogP contribution is 2.11. The van der Waals surface area contributed by atoms with E-state index >= 15 is 0 Å². The van der Waals surface area contributed by atoms with Crippen molar-refractivity contribution in [3.05, 3.63) is 29.8 Å². The SMILES string of the molecule is CC(C)(C)OC(=O)Cc1cccc(N)c1. The minimum atomic E-state index is -0.433. The van der Waals surface area contributed by atoms with Crippen LogP contribution in [0.5, 0.6) is 0 Å². The number of hydrogen-bond acceptors (Lipinski definition) is 3. The summed E-state index contributed by atoms with van der Waals surface area (Å²) in [5.74, 6) is -0.229. The predicted molar refractivity (Wildman–Crippen MR) is 60.4 cm³/mol.